The molecule has 0 fully saturated rings. The third-order valence-electron chi connectivity index (χ3n) is 1.60. The Morgan fingerprint density at radius 3 is 2.21 bits per heavy atom. The molecule has 0 aliphatic carbocycles. The summed E-state index contributed by atoms with van der Waals surface area (Å²) < 4.78 is 47.6. The standard InChI is InChI=1S/C7H14F2INO2S/c8-7(9)14(12,13)11-6-4-2-1-3-5-10/h7,11H,1-6H2. The highest BCUT2D eigenvalue weighted by Crippen LogP contribution is 2.04. The summed E-state index contributed by atoms with van der Waals surface area (Å²) in [6, 6.07) is 0. The third-order valence-corrected chi connectivity index (χ3v) is 3.44. The molecular formula is C7H14F2INO2S. The van der Waals surface area contributed by atoms with E-state index in [1.165, 1.54) is 0 Å². The highest BCUT2D eigenvalue weighted by Gasteiger charge is 2.22. The number of alkyl halides is 3. The molecule has 0 bridgehead atoms. The van der Waals surface area contributed by atoms with E-state index < -0.39 is 15.8 Å². The largest absolute Gasteiger partial charge is 0.350 e. The number of sulfonamides is 1. The summed E-state index contributed by atoms with van der Waals surface area (Å²) in [6.45, 7) is 0.105. The molecule has 0 heterocycles. The quantitative estimate of drug-likeness (QED) is 0.418. The van der Waals surface area contributed by atoms with Crippen molar-refractivity contribution in [2.75, 3.05) is 11.0 Å². The molecule has 0 aliphatic rings. The lowest BCUT2D eigenvalue weighted by molar-refractivity contribution is 0.232. The lowest BCUT2D eigenvalue weighted by atomic mass is 10.2. The molecule has 0 aromatic carbocycles. The SMILES string of the molecule is O=S(=O)(NCCCCCCI)C(F)F. The zero-order valence-electron chi connectivity index (χ0n) is 7.68. The van der Waals surface area contributed by atoms with E-state index in [2.05, 4.69) is 22.6 Å². The smallest absolute Gasteiger partial charge is 0.210 e. The highest BCUT2D eigenvalue weighted by atomic mass is 127. The number of unbranched alkanes of at least 4 members (excludes halogenated alkanes) is 3. The third kappa shape index (κ3) is 6.88. The van der Waals surface area contributed by atoms with Crippen molar-refractivity contribution in [1.29, 1.82) is 0 Å². The van der Waals surface area contributed by atoms with Crippen LogP contribution in [0, 0.1) is 0 Å². The molecule has 86 valence electrons. The van der Waals surface area contributed by atoms with Gasteiger partial charge in [0.1, 0.15) is 0 Å². The zero-order valence-corrected chi connectivity index (χ0v) is 10.7. The normalized spacial score (nSPS) is 12.3. The monoisotopic (exact) mass is 341 g/mol. The lowest BCUT2D eigenvalue weighted by Gasteiger charge is -2.04. The number of halogens is 3. The maximum atomic E-state index is 11.8. The molecule has 7 heteroatoms. The second-order valence-corrected chi connectivity index (χ2v) is 5.62. The Kier molecular flexibility index (Phi) is 8.02. The first-order valence-electron chi connectivity index (χ1n) is 4.33. The van der Waals surface area contributed by atoms with Gasteiger partial charge in [-0.25, -0.2) is 13.1 Å². The van der Waals surface area contributed by atoms with Gasteiger partial charge in [0.2, 0.25) is 0 Å². The molecule has 0 atom stereocenters. The van der Waals surface area contributed by atoms with E-state index >= 15 is 0 Å². The Balaban J connectivity index is 3.46. The van der Waals surface area contributed by atoms with Crippen molar-refractivity contribution in [3.05, 3.63) is 0 Å². The van der Waals surface area contributed by atoms with Crippen LogP contribution >= 0.6 is 22.6 Å². The number of rotatable bonds is 8. The zero-order chi connectivity index (χ0) is 11.0. The maximum absolute atomic E-state index is 11.8. The summed E-state index contributed by atoms with van der Waals surface area (Å²) >= 11 is 2.26. The highest BCUT2D eigenvalue weighted by molar-refractivity contribution is 14.1. The summed E-state index contributed by atoms with van der Waals surface area (Å²) in [5.41, 5.74) is 0. The molecule has 0 rings (SSSR count). The Bertz CT molecular complexity index is 234. The fourth-order valence-electron chi connectivity index (χ4n) is 0.850. The molecule has 0 aromatic heterocycles. The van der Waals surface area contributed by atoms with Gasteiger partial charge < -0.3 is 0 Å². The van der Waals surface area contributed by atoms with E-state index in [0.717, 1.165) is 23.7 Å². The Morgan fingerprint density at radius 1 is 1.14 bits per heavy atom. The topological polar surface area (TPSA) is 46.2 Å². The molecule has 14 heavy (non-hydrogen) atoms. The van der Waals surface area contributed by atoms with Gasteiger partial charge in [0.25, 0.3) is 10.0 Å². The van der Waals surface area contributed by atoms with Crippen LogP contribution in [0.1, 0.15) is 25.7 Å². The van der Waals surface area contributed by atoms with Crippen molar-refractivity contribution in [2.45, 2.75) is 31.4 Å². The molecule has 0 aromatic rings. The van der Waals surface area contributed by atoms with E-state index in [1.54, 1.807) is 0 Å². The van der Waals surface area contributed by atoms with Crippen molar-refractivity contribution < 1.29 is 17.2 Å². The average molecular weight is 341 g/mol. The molecule has 0 saturated heterocycles. The number of hydrogen-bond donors (Lipinski definition) is 1. The summed E-state index contributed by atoms with van der Waals surface area (Å²) in [4.78, 5) is 0. The van der Waals surface area contributed by atoms with Crippen LogP contribution in [0.3, 0.4) is 0 Å². The predicted octanol–water partition coefficient (Wildman–Crippen LogP) is 2.12. The minimum atomic E-state index is -4.38. The van der Waals surface area contributed by atoms with Crippen LogP contribution in [-0.2, 0) is 10.0 Å². The minimum Gasteiger partial charge on any atom is -0.210 e. The van der Waals surface area contributed by atoms with Crippen molar-refractivity contribution >= 4 is 32.6 Å². The Hall–Kier alpha value is 0.500. The van der Waals surface area contributed by atoms with Crippen LogP contribution in [0.2, 0.25) is 0 Å². The summed E-state index contributed by atoms with van der Waals surface area (Å²) in [7, 11) is -4.38. The van der Waals surface area contributed by atoms with Crippen LogP contribution in [0.4, 0.5) is 8.78 Å². The number of nitrogens with one attached hydrogen (secondary N) is 1. The van der Waals surface area contributed by atoms with Gasteiger partial charge in [0, 0.05) is 6.54 Å². The fourth-order valence-corrected chi connectivity index (χ4v) is 1.94. The van der Waals surface area contributed by atoms with Gasteiger partial charge in [-0.1, -0.05) is 35.4 Å². The second kappa shape index (κ2) is 7.75. The van der Waals surface area contributed by atoms with Crippen molar-refractivity contribution in [3.8, 4) is 0 Å². The molecule has 0 unspecified atom stereocenters. The van der Waals surface area contributed by atoms with E-state index in [-0.39, 0.29) is 6.54 Å². The van der Waals surface area contributed by atoms with Crippen molar-refractivity contribution in [1.82, 2.24) is 4.72 Å². The van der Waals surface area contributed by atoms with E-state index in [1.807, 2.05) is 4.72 Å². The molecular weight excluding hydrogens is 327 g/mol. The van der Waals surface area contributed by atoms with E-state index in [4.69, 9.17) is 0 Å². The minimum absolute atomic E-state index is 0.105. The summed E-state index contributed by atoms with van der Waals surface area (Å²) in [5, 5.41) is 0. The Morgan fingerprint density at radius 2 is 1.71 bits per heavy atom. The maximum Gasteiger partial charge on any atom is 0.350 e. The summed E-state index contributed by atoms with van der Waals surface area (Å²) in [6.07, 6.45) is 3.58. The molecule has 0 radical (unpaired) electrons. The van der Waals surface area contributed by atoms with E-state index in [9.17, 15) is 17.2 Å². The van der Waals surface area contributed by atoms with Gasteiger partial charge in [-0.05, 0) is 17.3 Å². The predicted molar refractivity (Wildman–Crippen MR) is 60.3 cm³/mol. The first kappa shape index (κ1) is 14.5. The van der Waals surface area contributed by atoms with E-state index in [0.29, 0.717) is 6.42 Å². The van der Waals surface area contributed by atoms with Crippen LogP contribution < -0.4 is 4.72 Å². The molecule has 0 saturated carbocycles. The number of hydrogen-bond acceptors (Lipinski definition) is 2. The fraction of sp³-hybridized carbons (Fsp3) is 1.00. The Labute approximate surface area is 96.8 Å². The van der Waals surface area contributed by atoms with Crippen molar-refractivity contribution in [3.63, 3.8) is 0 Å². The molecule has 0 amide bonds. The molecule has 0 spiro atoms. The summed E-state index contributed by atoms with van der Waals surface area (Å²) in [5.74, 6) is -3.32. The van der Waals surface area contributed by atoms with Gasteiger partial charge >= 0.3 is 5.76 Å². The van der Waals surface area contributed by atoms with Crippen LogP contribution in [0.15, 0.2) is 0 Å². The van der Waals surface area contributed by atoms with Gasteiger partial charge in [0.15, 0.2) is 0 Å². The van der Waals surface area contributed by atoms with Gasteiger partial charge in [-0.2, -0.15) is 8.78 Å². The van der Waals surface area contributed by atoms with Gasteiger partial charge in [0.05, 0.1) is 0 Å². The van der Waals surface area contributed by atoms with Crippen LogP contribution in [-0.4, -0.2) is 25.1 Å². The second-order valence-electron chi connectivity index (χ2n) is 2.80. The van der Waals surface area contributed by atoms with Gasteiger partial charge in [-0.3, -0.25) is 0 Å². The van der Waals surface area contributed by atoms with Crippen LogP contribution in [0.25, 0.3) is 0 Å². The molecule has 1 N–H and O–H groups in total. The first-order chi connectivity index (χ1) is 6.50. The first-order valence-corrected chi connectivity index (χ1v) is 7.40. The average Bonchev–Trinajstić information content (AvgIpc) is 2.10. The molecule has 3 nitrogen and oxygen atoms in total. The molecule has 0 aliphatic heterocycles. The lowest BCUT2D eigenvalue weighted by Crippen LogP contribution is -2.30. The van der Waals surface area contributed by atoms with Crippen molar-refractivity contribution in [2.24, 2.45) is 0 Å². The van der Waals surface area contributed by atoms with Gasteiger partial charge in [-0.15, -0.1) is 0 Å². The van der Waals surface area contributed by atoms with Crippen LogP contribution in [0.5, 0.6) is 0 Å².